The molecular formula is C11H19NO2. The minimum atomic E-state index is -0.0492. The van der Waals surface area contributed by atoms with Gasteiger partial charge in [-0.25, -0.2) is 0 Å². The maximum Gasteiger partial charge on any atom is 0.0726 e. The molecule has 1 aliphatic heterocycles. The second kappa shape index (κ2) is 3.47. The van der Waals surface area contributed by atoms with E-state index < -0.39 is 0 Å². The number of aliphatic hydroxyl groups excluding tert-OH is 1. The van der Waals surface area contributed by atoms with Gasteiger partial charge in [0.2, 0.25) is 0 Å². The summed E-state index contributed by atoms with van der Waals surface area (Å²) in [6.45, 7) is 3.73. The second-order valence-corrected chi connectivity index (χ2v) is 4.96. The van der Waals surface area contributed by atoms with Crippen LogP contribution >= 0.6 is 0 Å². The van der Waals surface area contributed by atoms with Crippen LogP contribution in [0.3, 0.4) is 0 Å². The summed E-state index contributed by atoms with van der Waals surface area (Å²) in [5, 5.41) is 10.1. The summed E-state index contributed by atoms with van der Waals surface area (Å²) in [6, 6.07) is 0.456. The van der Waals surface area contributed by atoms with Gasteiger partial charge >= 0.3 is 0 Å². The third kappa shape index (κ3) is 1.30. The molecule has 3 nitrogen and oxygen atoms in total. The van der Waals surface area contributed by atoms with Crippen LogP contribution in [0.5, 0.6) is 0 Å². The lowest BCUT2D eigenvalue weighted by Gasteiger charge is -2.39. The molecule has 3 heteroatoms. The van der Waals surface area contributed by atoms with Crippen LogP contribution in [0.4, 0.5) is 0 Å². The van der Waals surface area contributed by atoms with Crippen molar-refractivity contribution in [3.8, 4) is 0 Å². The van der Waals surface area contributed by atoms with E-state index in [1.165, 1.54) is 19.3 Å². The molecule has 1 N–H and O–H groups in total. The fourth-order valence-electron chi connectivity index (χ4n) is 3.62. The molecule has 14 heavy (non-hydrogen) atoms. The first kappa shape index (κ1) is 9.13. The largest absolute Gasteiger partial charge is 0.391 e. The first-order chi connectivity index (χ1) is 6.86. The summed E-state index contributed by atoms with van der Waals surface area (Å²) in [5.74, 6) is 1.38. The average Bonchev–Trinajstić information content (AvgIpc) is 2.79. The SMILES string of the molecule is OC1C2CCC(C2)C1N1CCOCC1. The number of morpholine rings is 1. The average molecular weight is 197 g/mol. The third-order valence-electron chi connectivity index (χ3n) is 4.30. The van der Waals surface area contributed by atoms with E-state index in [0.29, 0.717) is 12.0 Å². The number of fused-ring (bicyclic) bond motifs is 2. The van der Waals surface area contributed by atoms with Crippen LogP contribution in [0, 0.1) is 11.8 Å². The zero-order chi connectivity index (χ0) is 9.54. The van der Waals surface area contributed by atoms with Crippen molar-refractivity contribution in [2.75, 3.05) is 26.3 Å². The fourth-order valence-corrected chi connectivity index (χ4v) is 3.62. The van der Waals surface area contributed by atoms with Crippen molar-refractivity contribution in [3.05, 3.63) is 0 Å². The van der Waals surface area contributed by atoms with E-state index in [9.17, 15) is 5.11 Å². The zero-order valence-electron chi connectivity index (χ0n) is 8.56. The minimum Gasteiger partial charge on any atom is -0.391 e. The predicted molar refractivity (Wildman–Crippen MR) is 53.0 cm³/mol. The normalized spacial score (nSPS) is 48.6. The van der Waals surface area contributed by atoms with Crippen LogP contribution in [0.25, 0.3) is 0 Å². The van der Waals surface area contributed by atoms with E-state index in [0.717, 1.165) is 32.2 Å². The molecule has 3 fully saturated rings. The Balaban J connectivity index is 1.71. The molecule has 0 aromatic rings. The molecule has 1 heterocycles. The summed E-state index contributed by atoms with van der Waals surface area (Å²) in [5.41, 5.74) is 0. The highest BCUT2D eigenvalue weighted by atomic mass is 16.5. The molecule has 1 saturated heterocycles. The number of aliphatic hydroxyl groups is 1. The van der Waals surface area contributed by atoms with E-state index in [1.54, 1.807) is 0 Å². The first-order valence-electron chi connectivity index (χ1n) is 5.86. The topological polar surface area (TPSA) is 32.7 Å². The molecule has 3 aliphatic rings. The Hall–Kier alpha value is -0.120. The van der Waals surface area contributed by atoms with Gasteiger partial charge in [0, 0.05) is 19.1 Å². The lowest BCUT2D eigenvalue weighted by atomic mass is 9.91. The highest BCUT2D eigenvalue weighted by Crippen LogP contribution is 2.46. The van der Waals surface area contributed by atoms with Crippen molar-refractivity contribution in [1.82, 2.24) is 4.90 Å². The number of ether oxygens (including phenoxy) is 1. The van der Waals surface area contributed by atoms with Crippen LogP contribution in [0.15, 0.2) is 0 Å². The molecule has 0 aromatic carbocycles. The van der Waals surface area contributed by atoms with Crippen LogP contribution in [0.1, 0.15) is 19.3 Å². The van der Waals surface area contributed by atoms with Crippen molar-refractivity contribution in [1.29, 1.82) is 0 Å². The molecular weight excluding hydrogens is 178 g/mol. The third-order valence-corrected chi connectivity index (χ3v) is 4.30. The van der Waals surface area contributed by atoms with Crippen molar-refractivity contribution >= 4 is 0 Å². The number of rotatable bonds is 1. The number of hydrogen-bond donors (Lipinski definition) is 1. The minimum absolute atomic E-state index is 0.0492. The number of nitrogens with zero attached hydrogens (tertiary/aromatic N) is 1. The van der Waals surface area contributed by atoms with Gasteiger partial charge in [-0.1, -0.05) is 0 Å². The molecule has 2 aliphatic carbocycles. The van der Waals surface area contributed by atoms with E-state index in [-0.39, 0.29) is 6.10 Å². The monoisotopic (exact) mass is 197 g/mol. The molecule has 0 amide bonds. The van der Waals surface area contributed by atoms with Crippen LogP contribution in [-0.4, -0.2) is 48.5 Å². The van der Waals surface area contributed by atoms with Gasteiger partial charge in [-0.15, -0.1) is 0 Å². The highest BCUT2D eigenvalue weighted by molar-refractivity contribution is 5.02. The highest BCUT2D eigenvalue weighted by Gasteiger charge is 2.49. The lowest BCUT2D eigenvalue weighted by Crippen LogP contribution is -2.51. The van der Waals surface area contributed by atoms with Gasteiger partial charge in [0.25, 0.3) is 0 Å². The molecule has 3 rings (SSSR count). The van der Waals surface area contributed by atoms with E-state index >= 15 is 0 Å². The Morgan fingerprint density at radius 2 is 1.79 bits per heavy atom. The molecule has 4 unspecified atom stereocenters. The van der Waals surface area contributed by atoms with Gasteiger partial charge in [0.15, 0.2) is 0 Å². The Morgan fingerprint density at radius 1 is 1.07 bits per heavy atom. The van der Waals surface area contributed by atoms with Crippen LogP contribution in [0.2, 0.25) is 0 Å². The van der Waals surface area contributed by atoms with Crippen molar-refractivity contribution in [2.24, 2.45) is 11.8 Å². The van der Waals surface area contributed by atoms with E-state index in [1.807, 2.05) is 0 Å². The van der Waals surface area contributed by atoms with Crippen LogP contribution < -0.4 is 0 Å². The van der Waals surface area contributed by atoms with E-state index in [4.69, 9.17) is 4.74 Å². The van der Waals surface area contributed by atoms with Gasteiger partial charge < -0.3 is 9.84 Å². The quantitative estimate of drug-likeness (QED) is 0.663. The van der Waals surface area contributed by atoms with Crippen LogP contribution in [-0.2, 0) is 4.74 Å². The van der Waals surface area contributed by atoms with Gasteiger partial charge in [-0.3, -0.25) is 4.90 Å². The van der Waals surface area contributed by atoms with Crippen molar-refractivity contribution in [3.63, 3.8) is 0 Å². The molecule has 4 atom stereocenters. The molecule has 80 valence electrons. The summed E-state index contributed by atoms with van der Waals surface area (Å²) < 4.78 is 5.35. The number of hydrogen-bond acceptors (Lipinski definition) is 3. The van der Waals surface area contributed by atoms with Crippen molar-refractivity contribution < 1.29 is 9.84 Å². The maximum atomic E-state index is 10.1. The molecule has 2 bridgehead atoms. The van der Waals surface area contributed by atoms with Crippen molar-refractivity contribution in [2.45, 2.75) is 31.4 Å². The summed E-state index contributed by atoms with van der Waals surface area (Å²) in [7, 11) is 0. The Bertz CT molecular complexity index is 213. The maximum absolute atomic E-state index is 10.1. The smallest absolute Gasteiger partial charge is 0.0726 e. The zero-order valence-corrected chi connectivity index (χ0v) is 8.56. The molecule has 0 spiro atoms. The molecule has 0 aromatic heterocycles. The Labute approximate surface area is 85.0 Å². The summed E-state index contributed by atoms with van der Waals surface area (Å²) >= 11 is 0. The molecule has 2 saturated carbocycles. The first-order valence-corrected chi connectivity index (χ1v) is 5.86. The Morgan fingerprint density at radius 3 is 2.43 bits per heavy atom. The molecule has 0 radical (unpaired) electrons. The predicted octanol–water partition coefficient (Wildman–Crippen LogP) is 0.478. The Kier molecular flexibility index (Phi) is 2.26. The lowest BCUT2D eigenvalue weighted by molar-refractivity contribution is -0.0399. The van der Waals surface area contributed by atoms with Gasteiger partial charge in [0.05, 0.1) is 19.3 Å². The summed E-state index contributed by atoms with van der Waals surface area (Å²) in [4.78, 5) is 2.46. The second-order valence-electron chi connectivity index (χ2n) is 4.96. The fraction of sp³-hybridized carbons (Fsp3) is 1.00. The van der Waals surface area contributed by atoms with Gasteiger partial charge in [-0.05, 0) is 31.1 Å². The standard InChI is InChI=1S/C11H19NO2/c13-11-9-2-1-8(7-9)10(11)12-3-5-14-6-4-12/h8-11,13H,1-7H2. The van der Waals surface area contributed by atoms with Gasteiger partial charge in [0.1, 0.15) is 0 Å². The van der Waals surface area contributed by atoms with Gasteiger partial charge in [-0.2, -0.15) is 0 Å². The summed E-state index contributed by atoms with van der Waals surface area (Å²) in [6.07, 6.45) is 3.81. The van der Waals surface area contributed by atoms with E-state index in [2.05, 4.69) is 4.90 Å².